The third-order valence-electron chi connectivity index (χ3n) is 4.34. The fourth-order valence-corrected chi connectivity index (χ4v) is 2.94. The van der Waals surface area contributed by atoms with E-state index >= 15 is 0 Å². The minimum Gasteiger partial charge on any atom is -0.489 e. The lowest BCUT2D eigenvalue weighted by atomic mass is 9.93. The van der Waals surface area contributed by atoms with Crippen LogP contribution in [-0.2, 0) is 6.61 Å². The number of benzene rings is 1. The van der Waals surface area contributed by atoms with Crippen molar-refractivity contribution < 1.29 is 19.1 Å². The standard InChI is InChI=1S/C19H20N2O4/c20-11-13-2-1-3-17(10-13)25-12-14-8-9-24-18(14)19(23)21-15-4-6-16(22)7-5-15/h1-3,8-10,15-16,22H,4-7,12H2,(H,21,23). The second-order valence-corrected chi connectivity index (χ2v) is 6.18. The van der Waals surface area contributed by atoms with Gasteiger partial charge in [0.25, 0.3) is 5.91 Å². The highest BCUT2D eigenvalue weighted by molar-refractivity contribution is 5.93. The number of furan rings is 1. The Morgan fingerprint density at radius 2 is 2.12 bits per heavy atom. The number of aliphatic hydroxyl groups is 1. The van der Waals surface area contributed by atoms with Crippen LogP contribution in [0.15, 0.2) is 41.0 Å². The molecule has 0 radical (unpaired) electrons. The SMILES string of the molecule is N#Cc1cccc(OCc2ccoc2C(=O)NC2CCC(O)CC2)c1. The molecule has 130 valence electrons. The second kappa shape index (κ2) is 7.86. The fraction of sp³-hybridized carbons (Fsp3) is 0.368. The van der Waals surface area contributed by atoms with E-state index in [1.54, 1.807) is 30.3 Å². The zero-order valence-corrected chi connectivity index (χ0v) is 13.8. The van der Waals surface area contributed by atoms with Crippen molar-refractivity contribution in [1.82, 2.24) is 5.32 Å². The molecular weight excluding hydrogens is 320 g/mol. The first kappa shape index (κ1) is 17.1. The highest BCUT2D eigenvalue weighted by Crippen LogP contribution is 2.20. The molecule has 0 unspecified atom stereocenters. The number of ether oxygens (including phenoxy) is 1. The number of rotatable bonds is 5. The molecule has 0 bridgehead atoms. The topological polar surface area (TPSA) is 95.5 Å². The van der Waals surface area contributed by atoms with Crippen LogP contribution in [0.3, 0.4) is 0 Å². The van der Waals surface area contributed by atoms with Crippen molar-refractivity contribution in [2.75, 3.05) is 0 Å². The van der Waals surface area contributed by atoms with E-state index in [-0.39, 0.29) is 30.4 Å². The van der Waals surface area contributed by atoms with Gasteiger partial charge in [0.05, 0.1) is 24.0 Å². The van der Waals surface area contributed by atoms with Crippen LogP contribution in [0.25, 0.3) is 0 Å². The van der Waals surface area contributed by atoms with Crippen molar-refractivity contribution in [1.29, 1.82) is 5.26 Å². The van der Waals surface area contributed by atoms with Crippen LogP contribution >= 0.6 is 0 Å². The molecule has 1 fully saturated rings. The Hall–Kier alpha value is -2.78. The van der Waals surface area contributed by atoms with Crippen LogP contribution in [0.1, 0.15) is 47.4 Å². The maximum Gasteiger partial charge on any atom is 0.287 e. The number of hydrogen-bond acceptors (Lipinski definition) is 5. The summed E-state index contributed by atoms with van der Waals surface area (Å²) in [7, 11) is 0. The van der Waals surface area contributed by atoms with Gasteiger partial charge in [0, 0.05) is 11.6 Å². The van der Waals surface area contributed by atoms with Crippen molar-refractivity contribution in [3.05, 3.63) is 53.5 Å². The van der Waals surface area contributed by atoms with E-state index in [9.17, 15) is 9.90 Å². The molecule has 1 aromatic heterocycles. The van der Waals surface area contributed by atoms with Crippen LogP contribution in [0, 0.1) is 11.3 Å². The van der Waals surface area contributed by atoms with E-state index in [0.717, 1.165) is 12.8 Å². The Morgan fingerprint density at radius 1 is 1.32 bits per heavy atom. The molecule has 6 nitrogen and oxygen atoms in total. The van der Waals surface area contributed by atoms with Gasteiger partial charge in [0.2, 0.25) is 0 Å². The van der Waals surface area contributed by atoms with Crippen LogP contribution in [0.2, 0.25) is 0 Å². The monoisotopic (exact) mass is 340 g/mol. The van der Waals surface area contributed by atoms with Crippen LogP contribution in [0.5, 0.6) is 5.75 Å². The van der Waals surface area contributed by atoms with Crippen LogP contribution < -0.4 is 10.1 Å². The zero-order valence-electron chi connectivity index (χ0n) is 13.8. The summed E-state index contributed by atoms with van der Waals surface area (Å²) in [5, 5.41) is 21.4. The first-order valence-corrected chi connectivity index (χ1v) is 8.34. The minimum absolute atomic E-state index is 0.0575. The summed E-state index contributed by atoms with van der Waals surface area (Å²) in [6.45, 7) is 0.178. The van der Waals surface area contributed by atoms with E-state index in [1.807, 2.05) is 0 Å². The van der Waals surface area contributed by atoms with Gasteiger partial charge in [-0.05, 0) is 49.9 Å². The molecule has 1 aromatic carbocycles. The van der Waals surface area contributed by atoms with Crippen molar-refractivity contribution in [3.63, 3.8) is 0 Å². The Labute approximate surface area is 146 Å². The molecule has 0 aliphatic heterocycles. The lowest BCUT2D eigenvalue weighted by Crippen LogP contribution is -2.38. The van der Waals surface area contributed by atoms with Gasteiger partial charge in [-0.3, -0.25) is 4.79 Å². The van der Waals surface area contributed by atoms with Crippen molar-refractivity contribution >= 4 is 5.91 Å². The van der Waals surface area contributed by atoms with Gasteiger partial charge in [-0.1, -0.05) is 6.07 Å². The number of aliphatic hydroxyl groups excluding tert-OH is 1. The average molecular weight is 340 g/mol. The number of nitriles is 1. The molecule has 25 heavy (non-hydrogen) atoms. The molecule has 2 aromatic rings. The Morgan fingerprint density at radius 3 is 2.88 bits per heavy atom. The van der Waals surface area contributed by atoms with Gasteiger partial charge in [0.1, 0.15) is 12.4 Å². The summed E-state index contributed by atoms with van der Waals surface area (Å²) < 4.78 is 11.0. The zero-order chi connectivity index (χ0) is 17.6. The van der Waals surface area contributed by atoms with Crippen LogP contribution in [-0.4, -0.2) is 23.2 Å². The van der Waals surface area contributed by atoms with Crippen molar-refractivity contribution in [3.8, 4) is 11.8 Å². The number of nitrogens with one attached hydrogen (secondary N) is 1. The quantitative estimate of drug-likeness (QED) is 0.872. The minimum atomic E-state index is -0.268. The van der Waals surface area contributed by atoms with Crippen molar-refractivity contribution in [2.24, 2.45) is 0 Å². The molecule has 1 heterocycles. The molecule has 0 spiro atoms. The molecule has 1 aliphatic rings. The van der Waals surface area contributed by atoms with E-state index in [0.29, 0.717) is 29.7 Å². The fourth-order valence-electron chi connectivity index (χ4n) is 2.94. The Bertz CT molecular complexity index is 770. The van der Waals surface area contributed by atoms with Gasteiger partial charge in [0.15, 0.2) is 5.76 Å². The normalized spacial score (nSPS) is 19.8. The number of nitrogens with zero attached hydrogens (tertiary/aromatic N) is 1. The smallest absolute Gasteiger partial charge is 0.287 e. The average Bonchev–Trinajstić information content (AvgIpc) is 3.11. The lowest BCUT2D eigenvalue weighted by Gasteiger charge is -2.25. The Balaban J connectivity index is 1.60. The molecule has 0 atom stereocenters. The summed E-state index contributed by atoms with van der Waals surface area (Å²) in [4.78, 5) is 12.4. The largest absolute Gasteiger partial charge is 0.489 e. The number of amides is 1. The van der Waals surface area contributed by atoms with Gasteiger partial charge in [-0.25, -0.2) is 0 Å². The maximum atomic E-state index is 12.4. The molecule has 1 saturated carbocycles. The first-order valence-electron chi connectivity index (χ1n) is 8.34. The van der Waals surface area contributed by atoms with Gasteiger partial charge < -0.3 is 19.6 Å². The molecule has 0 saturated heterocycles. The molecular formula is C19H20N2O4. The lowest BCUT2D eigenvalue weighted by molar-refractivity contribution is 0.0840. The second-order valence-electron chi connectivity index (χ2n) is 6.18. The van der Waals surface area contributed by atoms with E-state index in [4.69, 9.17) is 14.4 Å². The molecule has 1 amide bonds. The number of hydrogen-bond donors (Lipinski definition) is 2. The molecule has 2 N–H and O–H groups in total. The number of carbonyl (C=O) groups excluding carboxylic acids is 1. The molecule has 1 aliphatic carbocycles. The highest BCUT2D eigenvalue weighted by Gasteiger charge is 2.23. The van der Waals surface area contributed by atoms with E-state index in [2.05, 4.69) is 11.4 Å². The first-order chi connectivity index (χ1) is 12.2. The molecule has 3 rings (SSSR count). The van der Waals surface area contributed by atoms with E-state index < -0.39 is 0 Å². The molecule has 6 heteroatoms. The maximum absolute atomic E-state index is 12.4. The summed E-state index contributed by atoms with van der Waals surface area (Å²) in [6, 6.07) is 10.7. The van der Waals surface area contributed by atoms with Gasteiger partial charge >= 0.3 is 0 Å². The summed E-state index contributed by atoms with van der Waals surface area (Å²) in [5.74, 6) is 0.534. The van der Waals surface area contributed by atoms with E-state index in [1.165, 1.54) is 6.26 Å². The number of carbonyl (C=O) groups is 1. The Kier molecular flexibility index (Phi) is 5.36. The van der Waals surface area contributed by atoms with Crippen LogP contribution in [0.4, 0.5) is 0 Å². The van der Waals surface area contributed by atoms with Gasteiger partial charge in [-0.2, -0.15) is 5.26 Å². The van der Waals surface area contributed by atoms with Gasteiger partial charge in [-0.15, -0.1) is 0 Å². The summed E-state index contributed by atoms with van der Waals surface area (Å²) >= 11 is 0. The highest BCUT2D eigenvalue weighted by atomic mass is 16.5. The van der Waals surface area contributed by atoms with Crippen molar-refractivity contribution in [2.45, 2.75) is 44.4 Å². The third kappa shape index (κ3) is 4.40. The predicted octanol–water partition coefficient (Wildman–Crippen LogP) is 2.76. The summed E-state index contributed by atoms with van der Waals surface area (Å²) in [6.07, 6.45) is 4.14. The summed E-state index contributed by atoms with van der Waals surface area (Å²) in [5.41, 5.74) is 1.16. The predicted molar refractivity (Wildman–Crippen MR) is 89.9 cm³/mol. The third-order valence-corrected chi connectivity index (χ3v) is 4.34.